The zero-order valence-electron chi connectivity index (χ0n) is 11.2. The van der Waals surface area contributed by atoms with E-state index in [1.165, 1.54) is 11.3 Å². The number of aromatic nitrogens is 1. The van der Waals surface area contributed by atoms with Crippen LogP contribution in [0.1, 0.15) is 25.3 Å². The van der Waals surface area contributed by atoms with Crippen molar-refractivity contribution in [3.8, 4) is 10.4 Å². The van der Waals surface area contributed by atoms with Crippen molar-refractivity contribution >= 4 is 33.0 Å². The largest absolute Gasteiger partial charge is 0.243 e. The summed E-state index contributed by atoms with van der Waals surface area (Å²) in [6, 6.07) is 9.29. The lowest BCUT2D eigenvalue weighted by Crippen LogP contribution is -1.90. The maximum atomic E-state index is 14.3. The van der Waals surface area contributed by atoms with Crippen molar-refractivity contribution in [1.29, 1.82) is 0 Å². The van der Waals surface area contributed by atoms with Gasteiger partial charge in [0.05, 0.1) is 4.70 Å². The molecule has 3 aromatic rings. The number of hydrogen-bond acceptors (Lipinski definition) is 2. The van der Waals surface area contributed by atoms with Gasteiger partial charge in [-0.15, -0.1) is 11.3 Å². The molecule has 0 N–H and O–H groups in total. The average Bonchev–Trinajstić information content (AvgIpc) is 2.83. The number of halogens is 2. The van der Waals surface area contributed by atoms with Crippen molar-refractivity contribution in [2.24, 2.45) is 0 Å². The molecular weight excluding hydrogens is 293 g/mol. The first-order valence-electron chi connectivity index (χ1n) is 6.40. The van der Waals surface area contributed by atoms with Crippen LogP contribution in [0.3, 0.4) is 0 Å². The molecule has 0 atom stereocenters. The van der Waals surface area contributed by atoms with Gasteiger partial charge in [0.25, 0.3) is 0 Å². The molecular formula is C16H13ClFNS. The van der Waals surface area contributed by atoms with Gasteiger partial charge in [0.2, 0.25) is 0 Å². The van der Waals surface area contributed by atoms with Gasteiger partial charge in [0.1, 0.15) is 11.0 Å². The second kappa shape index (κ2) is 5.15. The van der Waals surface area contributed by atoms with Crippen LogP contribution in [0.5, 0.6) is 0 Å². The van der Waals surface area contributed by atoms with E-state index in [0.29, 0.717) is 16.6 Å². The molecule has 0 aliphatic carbocycles. The third-order valence-electron chi connectivity index (χ3n) is 3.32. The second-order valence-corrected chi connectivity index (χ2v) is 6.43. The SMILES string of the molecule is CC(C)c1ccc(-c2cc3ccnc(Cl)c3s2)c(F)c1. The molecule has 4 heteroatoms. The molecule has 0 saturated carbocycles. The van der Waals surface area contributed by atoms with Crippen molar-refractivity contribution in [1.82, 2.24) is 4.98 Å². The average molecular weight is 306 g/mol. The van der Waals surface area contributed by atoms with Crippen LogP contribution in [-0.2, 0) is 0 Å². The molecule has 3 rings (SSSR count). The van der Waals surface area contributed by atoms with Crippen LogP contribution in [0.4, 0.5) is 4.39 Å². The maximum Gasteiger partial charge on any atom is 0.146 e. The highest BCUT2D eigenvalue weighted by atomic mass is 35.5. The Labute approximate surface area is 126 Å². The van der Waals surface area contributed by atoms with Crippen molar-refractivity contribution < 1.29 is 4.39 Å². The monoisotopic (exact) mass is 305 g/mol. The summed E-state index contributed by atoms with van der Waals surface area (Å²) in [5, 5.41) is 1.47. The van der Waals surface area contributed by atoms with Gasteiger partial charge in [-0.05, 0) is 35.1 Å². The van der Waals surface area contributed by atoms with Crippen molar-refractivity contribution in [2.75, 3.05) is 0 Å². The highest BCUT2D eigenvalue weighted by molar-refractivity contribution is 7.22. The summed E-state index contributed by atoms with van der Waals surface area (Å²) in [6.45, 7) is 4.11. The third-order valence-corrected chi connectivity index (χ3v) is 4.90. The van der Waals surface area contributed by atoms with Gasteiger partial charge < -0.3 is 0 Å². The van der Waals surface area contributed by atoms with Gasteiger partial charge >= 0.3 is 0 Å². The Hall–Kier alpha value is -1.45. The van der Waals surface area contributed by atoms with Crippen LogP contribution in [0, 0.1) is 5.82 Å². The molecule has 0 amide bonds. The first-order valence-corrected chi connectivity index (χ1v) is 7.59. The Bertz CT molecular complexity index is 779. The molecule has 0 unspecified atom stereocenters. The fourth-order valence-corrected chi connectivity index (χ4v) is 3.50. The quantitative estimate of drug-likeness (QED) is 0.539. The summed E-state index contributed by atoms with van der Waals surface area (Å²) < 4.78 is 15.2. The zero-order chi connectivity index (χ0) is 14.3. The Morgan fingerprint density at radius 2 is 2.00 bits per heavy atom. The summed E-state index contributed by atoms with van der Waals surface area (Å²) in [4.78, 5) is 4.93. The lowest BCUT2D eigenvalue weighted by Gasteiger charge is -2.07. The van der Waals surface area contributed by atoms with Crippen LogP contribution < -0.4 is 0 Å². The van der Waals surface area contributed by atoms with E-state index in [1.54, 1.807) is 12.3 Å². The minimum Gasteiger partial charge on any atom is -0.243 e. The van der Waals surface area contributed by atoms with Gasteiger partial charge in [-0.25, -0.2) is 9.37 Å². The molecule has 0 fully saturated rings. The molecule has 1 aromatic carbocycles. The minimum absolute atomic E-state index is 0.188. The highest BCUT2D eigenvalue weighted by Crippen LogP contribution is 2.37. The van der Waals surface area contributed by atoms with E-state index in [2.05, 4.69) is 18.8 Å². The minimum atomic E-state index is -0.188. The molecule has 0 aliphatic rings. The lowest BCUT2D eigenvalue weighted by molar-refractivity contribution is 0.627. The van der Waals surface area contributed by atoms with Crippen LogP contribution >= 0.6 is 22.9 Å². The van der Waals surface area contributed by atoms with Gasteiger partial charge in [0.15, 0.2) is 0 Å². The van der Waals surface area contributed by atoms with Gasteiger partial charge in [-0.2, -0.15) is 0 Å². The zero-order valence-corrected chi connectivity index (χ0v) is 12.7. The number of fused-ring (bicyclic) bond motifs is 1. The molecule has 0 aliphatic heterocycles. The Kier molecular flexibility index (Phi) is 3.48. The summed E-state index contributed by atoms with van der Waals surface area (Å²) >= 11 is 7.54. The lowest BCUT2D eigenvalue weighted by atomic mass is 10.0. The number of hydrogen-bond donors (Lipinski definition) is 0. The first-order chi connectivity index (χ1) is 9.56. The Morgan fingerprint density at radius 1 is 1.20 bits per heavy atom. The van der Waals surface area contributed by atoms with E-state index < -0.39 is 0 Å². The molecule has 0 spiro atoms. The highest BCUT2D eigenvalue weighted by Gasteiger charge is 2.12. The summed E-state index contributed by atoms with van der Waals surface area (Å²) in [5.74, 6) is 0.131. The Morgan fingerprint density at radius 3 is 2.65 bits per heavy atom. The van der Waals surface area contributed by atoms with Crippen LogP contribution in [0.15, 0.2) is 36.5 Å². The second-order valence-electron chi connectivity index (χ2n) is 5.02. The van der Waals surface area contributed by atoms with E-state index in [4.69, 9.17) is 11.6 Å². The smallest absolute Gasteiger partial charge is 0.146 e. The summed E-state index contributed by atoms with van der Waals surface area (Å²) in [5.41, 5.74) is 1.62. The number of benzene rings is 1. The Balaban J connectivity index is 2.13. The maximum absolute atomic E-state index is 14.3. The molecule has 2 aromatic heterocycles. The standard InChI is InChI=1S/C16H13ClFNS/c1-9(2)10-3-4-12(13(18)7-10)14-8-11-5-6-19-16(17)15(11)20-14/h3-9H,1-2H3. The predicted octanol–water partition coefficient (Wildman–Crippen LogP) is 5.88. The molecule has 1 nitrogen and oxygen atoms in total. The third kappa shape index (κ3) is 2.32. The fourth-order valence-electron chi connectivity index (χ4n) is 2.15. The fraction of sp³-hybridized carbons (Fsp3) is 0.188. The molecule has 2 heterocycles. The normalized spacial score (nSPS) is 11.4. The molecule has 0 radical (unpaired) electrons. The molecule has 20 heavy (non-hydrogen) atoms. The van der Waals surface area contributed by atoms with E-state index >= 15 is 0 Å². The molecule has 0 bridgehead atoms. The molecule has 102 valence electrons. The predicted molar refractivity (Wildman–Crippen MR) is 84.1 cm³/mol. The number of rotatable bonds is 2. The number of nitrogens with zero attached hydrogens (tertiary/aromatic N) is 1. The van der Waals surface area contributed by atoms with Gasteiger partial charge in [-0.3, -0.25) is 0 Å². The van der Waals surface area contributed by atoms with Crippen molar-refractivity contribution in [3.63, 3.8) is 0 Å². The number of pyridine rings is 1. The van der Waals surface area contributed by atoms with Gasteiger partial charge in [0, 0.05) is 16.6 Å². The van der Waals surface area contributed by atoms with Crippen molar-refractivity contribution in [3.05, 3.63) is 53.1 Å². The van der Waals surface area contributed by atoms with E-state index in [-0.39, 0.29) is 5.82 Å². The van der Waals surface area contributed by atoms with E-state index in [0.717, 1.165) is 20.5 Å². The van der Waals surface area contributed by atoms with Crippen LogP contribution in [0.2, 0.25) is 5.15 Å². The summed E-state index contributed by atoms with van der Waals surface area (Å²) in [6.07, 6.45) is 1.67. The number of thiophene rings is 1. The van der Waals surface area contributed by atoms with Crippen LogP contribution in [-0.4, -0.2) is 4.98 Å². The van der Waals surface area contributed by atoms with E-state index in [1.807, 2.05) is 24.3 Å². The summed E-state index contributed by atoms with van der Waals surface area (Å²) in [7, 11) is 0. The van der Waals surface area contributed by atoms with Crippen molar-refractivity contribution in [2.45, 2.75) is 19.8 Å². The topological polar surface area (TPSA) is 12.9 Å². The van der Waals surface area contributed by atoms with Crippen LogP contribution in [0.25, 0.3) is 20.5 Å². The van der Waals surface area contributed by atoms with Gasteiger partial charge in [-0.1, -0.05) is 37.6 Å². The molecule has 0 saturated heterocycles. The van der Waals surface area contributed by atoms with E-state index in [9.17, 15) is 4.39 Å². The first kappa shape index (κ1) is 13.5.